The Hall–Kier alpha value is -1.11. The van der Waals surface area contributed by atoms with Crippen molar-refractivity contribution < 1.29 is 27.5 Å². The monoisotopic (exact) mass is 267 g/mol. The second kappa shape index (κ2) is 4.87. The standard InChI is InChI=1S/C11H16F3NO3/c1-6(2)4-7(8(16)10(3)5-18-10)15-9(17)11(12,13)14/h6-7H,4-5H2,1-3H3,(H,15,17)/t7-,10+/m0/s1. The predicted octanol–water partition coefficient (Wildman–Crippen LogP) is 1.44. The van der Waals surface area contributed by atoms with E-state index >= 15 is 0 Å². The quantitative estimate of drug-likeness (QED) is 0.767. The Morgan fingerprint density at radius 2 is 1.89 bits per heavy atom. The number of carbonyl (C=O) groups excluding carboxylic acids is 2. The number of epoxide rings is 1. The number of halogens is 3. The third kappa shape index (κ3) is 3.69. The second-order valence-electron chi connectivity index (χ2n) is 5.04. The van der Waals surface area contributed by atoms with E-state index in [4.69, 9.17) is 4.74 Å². The molecule has 0 radical (unpaired) electrons. The molecule has 1 N–H and O–H groups in total. The molecule has 1 heterocycles. The number of amides is 1. The van der Waals surface area contributed by atoms with Crippen LogP contribution in [0.25, 0.3) is 0 Å². The smallest absolute Gasteiger partial charge is 0.361 e. The number of rotatable bonds is 5. The molecule has 1 saturated heterocycles. The summed E-state index contributed by atoms with van der Waals surface area (Å²) in [7, 11) is 0. The highest BCUT2D eigenvalue weighted by atomic mass is 19.4. The third-order valence-electron chi connectivity index (χ3n) is 2.68. The zero-order valence-electron chi connectivity index (χ0n) is 10.4. The molecule has 0 aromatic heterocycles. The van der Waals surface area contributed by atoms with Crippen LogP contribution in [0.1, 0.15) is 27.2 Å². The Balaban J connectivity index is 2.73. The molecule has 4 nitrogen and oxygen atoms in total. The van der Waals surface area contributed by atoms with Crippen molar-refractivity contribution in [1.29, 1.82) is 0 Å². The van der Waals surface area contributed by atoms with Crippen molar-refractivity contribution >= 4 is 11.7 Å². The largest absolute Gasteiger partial charge is 0.471 e. The zero-order chi connectivity index (χ0) is 14.1. The maximum Gasteiger partial charge on any atom is 0.471 e. The van der Waals surface area contributed by atoms with Gasteiger partial charge in [0.2, 0.25) is 0 Å². The maximum absolute atomic E-state index is 12.2. The van der Waals surface area contributed by atoms with E-state index in [2.05, 4.69) is 0 Å². The fourth-order valence-corrected chi connectivity index (χ4v) is 1.56. The van der Waals surface area contributed by atoms with E-state index in [-0.39, 0.29) is 18.9 Å². The molecule has 0 aliphatic carbocycles. The topological polar surface area (TPSA) is 58.7 Å². The van der Waals surface area contributed by atoms with Crippen molar-refractivity contribution in [2.24, 2.45) is 5.92 Å². The second-order valence-corrected chi connectivity index (χ2v) is 5.04. The molecule has 0 aromatic rings. The van der Waals surface area contributed by atoms with Crippen LogP contribution in [0.15, 0.2) is 0 Å². The van der Waals surface area contributed by atoms with Gasteiger partial charge in [0.1, 0.15) is 5.60 Å². The summed E-state index contributed by atoms with van der Waals surface area (Å²) in [4.78, 5) is 22.8. The van der Waals surface area contributed by atoms with Crippen LogP contribution in [-0.2, 0) is 14.3 Å². The van der Waals surface area contributed by atoms with Gasteiger partial charge in [0.15, 0.2) is 5.78 Å². The molecule has 1 aliphatic heterocycles. The minimum Gasteiger partial charge on any atom is -0.361 e. The number of hydrogen-bond donors (Lipinski definition) is 1. The van der Waals surface area contributed by atoms with Gasteiger partial charge in [-0.1, -0.05) is 13.8 Å². The molecule has 104 valence electrons. The van der Waals surface area contributed by atoms with Crippen LogP contribution in [-0.4, -0.2) is 36.1 Å². The minimum atomic E-state index is -4.99. The van der Waals surface area contributed by atoms with Gasteiger partial charge in [0, 0.05) is 0 Å². The van der Waals surface area contributed by atoms with Crippen LogP contribution < -0.4 is 5.32 Å². The average Bonchev–Trinajstić information content (AvgIpc) is 2.93. The molecule has 18 heavy (non-hydrogen) atoms. The van der Waals surface area contributed by atoms with Gasteiger partial charge in [-0.3, -0.25) is 9.59 Å². The van der Waals surface area contributed by atoms with Gasteiger partial charge in [-0.25, -0.2) is 0 Å². The van der Waals surface area contributed by atoms with Gasteiger partial charge in [-0.05, 0) is 19.3 Å². The van der Waals surface area contributed by atoms with Crippen molar-refractivity contribution in [2.75, 3.05) is 6.61 Å². The van der Waals surface area contributed by atoms with E-state index in [0.29, 0.717) is 0 Å². The van der Waals surface area contributed by atoms with Gasteiger partial charge in [-0.15, -0.1) is 0 Å². The SMILES string of the molecule is CC(C)C[C@H](NC(=O)C(F)(F)F)C(=O)[C@@]1(C)CO1. The Bertz CT molecular complexity index is 348. The van der Waals surface area contributed by atoms with Crippen molar-refractivity contribution in [3.8, 4) is 0 Å². The molecule has 1 amide bonds. The number of hydrogen-bond acceptors (Lipinski definition) is 3. The average molecular weight is 267 g/mol. The molecule has 0 spiro atoms. The van der Waals surface area contributed by atoms with Crippen LogP contribution in [0.2, 0.25) is 0 Å². The van der Waals surface area contributed by atoms with Crippen LogP contribution in [0, 0.1) is 5.92 Å². The number of ketones is 1. The lowest BCUT2D eigenvalue weighted by atomic mass is 9.93. The molecule has 0 aromatic carbocycles. The van der Waals surface area contributed by atoms with Gasteiger partial charge >= 0.3 is 12.1 Å². The van der Waals surface area contributed by atoms with Crippen molar-refractivity contribution in [3.63, 3.8) is 0 Å². The molecule has 7 heteroatoms. The first kappa shape index (κ1) is 14.9. The zero-order valence-corrected chi connectivity index (χ0v) is 10.4. The first-order valence-electron chi connectivity index (χ1n) is 5.62. The molecule has 1 fully saturated rings. The molecule has 1 aliphatic rings. The van der Waals surface area contributed by atoms with Gasteiger partial charge in [-0.2, -0.15) is 13.2 Å². The first-order valence-corrected chi connectivity index (χ1v) is 5.62. The molecule has 0 saturated carbocycles. The third-order valence-corrected chi connectivity index (χ3v) is 2.68. The van der Waals surface area contributed by atoms with Gasteiger partial charge < -0.3 is 10.1 Å². The van der Waals surface area contributed by atoms with E-state index in [0.717, 1.165) is 0 Å². The summed E-state index contributed by atoms with van der Waals surface area (Å²) in [5.41, 5.74) is -1.04. The lowest BCUT2D eigenvalue weighted by Crippen LogP contribution is -2.50. The molecule has 2 atom stereocenters. The number of Topliss-reactive ketones (excluding diaryl/α,β-unsaturated/α-hetero) is 1. The Labute approximate surface area is 103 Å². The summed E-state index contributed by atoms with van der Waals surface area (Å²) in [6.45, 7) is 5.21. The predicted molar refractivity (Wildman–Crippen MR) is 56.8 cm³/mol. The highest BCUT2D eigenvalue weighted by molar-refractivity contribution is 5.97. The molecule has 0 bridgehead atoms. The Morgan fingerprint density at radius 1 is 1.39 bits per heavy atom. The van der Waals surface area contributed by atoms with Crippen LogP contribution >= 0.6 is 0 Å². The van der Waals surface area contributed by atoms with E-state index in [1.807, 2.05) is 0 Å². The molecular weight excluding hydrogens is 251 g/mol. The number of nitrogens with one attached hydrogen (secondary N) is 1. The number of alkyl halides is 3. The van der Waals surface area contributed by atoms with E-state index in [1.165, 1.54) is 6.92 Å². The normalized spacial score (nSPS) is 24.8. The molecule has 1 rings (SSSR count). The summed E-state index contributed by atoms with van der Waals surface area (Å²) >= 11 is 0. The van der Waals surface area contributed by atoms with Crippen LogP contribution in [0.4, 0.5) is 13.2 Å². The summed E-state index contributed by atoms with van der Waals surface area (Å²) < 4.78 is 41.4. The van der Waals surface area contributed by atoms with Gasteiger partial charge in [0.05, 0.1) is 12.6 Å². The maximum atomic E-state index is 12.2. The first-order chi connectivity index (χ1) is 8.06. The minimum absolute atomic E-state index is 0.0187. The lowest BCUT2D eigenvalue weighted by molar-refractivity contribution is -0.175. The highest BCUT2D eigenvalue weighted by Gasteiger charge is 2.51. The fraction of sp³-hybridized carbons (Fsp3) is 0.818. The summed E-state index contributed by atoms with van der Waals surface area (Å²) in [6.07, 6.45) is -4.83. The highest BCUT2D eigenvalue weighted by Crippen LogP contribution is 2.30. The van der Waals surface area contributed by atoms with Crippen molar-refractivity contribution in [1.82, 2.24) is 5.32 Å². The lowest BCUT2D eigenvalue weighted by Gasteiger charge is -2.21. The molecular formula is C11H16F3NO3. The Kier molecular flexibility index (Phi) is 4.05. The summed E-state index contributed by atoms with van der Waals surface area (Å²) in [5, 5.41) is 1.74. The molecule has 0 unspecified atom stereocenters. The van der Waals surface area contributed by atoms with Crippen LogP contribution in [0.3, 0.4) is 0 Å². The number of carbonyl (C=O) groups is 2. The van der Waals surface area contributed by atoms with E-state index in [1.54, 1.807) is 19.2 Å². The number of ether oxygens (including phenoxy) is 1. The van der Waals surface area contributed by atoms with Gasteiger partial charge in [0.25, 0.3) is 0 Å². The van der Waals surface area contributed by atoms with E-state index in [9.17, 15) is 22.8 Å². The van der Waals surface area contributed by atoms with Crippen molar-refractivity contribution in [2.45, 2.75) is 45.0 Å². The summed E-state index contributed by atoms with van der Waals surface area (Å²) in [5.74, 6) is -2.62. The van der Waals surface area contributed by atoms with Crippen LogP contribution in [0.5, 0.6) is 0 Å². The summed E-state index contributed by atoms with van der Waals surface area (Å²) in [6, 6.07) is -1.16. The fourth-order valence-electron chi connectivity index (χ4n) is 1.56. The van der Waals surface area contributed by atoms with E-state index < -0.39 is 29.5 Å². The Morgan fingerprint density at radius 3 is 2.22 bits per heavy atom. The van der Waals surface area contributed by atoms with Crippen molar-refractivity contribution in [3.05, 3.63) is 0 Å².